The Morgan fingerprint density at radius 3 is 2.75 bits per heavy atom. The summed E-state index contributed by atoms with van der Waals surface area (Å²) >= 11 is 0. The molecule has 260 valence electrons. The molecule has 2 N–H and O–H groups in total. The third kappa shape index (κ3) is 4.81. The minimum atomic E-state index is -0.923. The van der Waals surface area contributed by atoms with E-state index >= 15 is 4.39 Å². The van der Waals surface area contributed by atoms with Gasteiger partial charge in [-0.15, -0.1) is 0 Å². The van der Waals surface area contributed by atoms with Crippen molar-refractivity contribution in [1.82, 2.24) is 24.4 Å². The van der Waals surface area contributed by atoms with Gasteiger partial charge in [0.15, 0.2) is 18.1 Å². The first-order chi connectivity index (χ1) is 24.4. The van der Waals surface area contributed by atoms with E-state index in [1.54, 1.807) is 37.1 Å². The van der Waals surface area contributed by atoms with Crippen LogP contribution in [0.25, 0.3) is 44.1 Å². The highest BCUT2D eigenvalue weighted by Gasteiger charge is 2.51. The number of nitrogens with zero attached hydrogens (tertiary/aromatic N) is 6. The Balaban J connectivity index is 1.35. The molecule has 2 fully saturated rings. The van der Waals surface area contributed by atoms with Gasteiger partial charge in [0.2, 0.25) is 5.43 Å². The molecule has 51 heavy (non-hydrogen) atoms. The van der Waals surface area contributed by atoms with E-state index in [9.17, 15) is 19.6 Å². The Morgan fingerprint density at radius 2 is 2.02 bits per heavy atom. The van der Waals surface area contributed by atoms with Gasteiger partial charge in [0.25, 0.3) is 0 Å². The number of likely N-dealkylation sites (tertiary alicyclic amines) is 1. The summed E-state index contributed by atoms with van der Waals surface area (Å²) in [5, 5.41) is 14.4. The van der Waals surface area contributed by atoms with Crippen LogP contribution in [0.1, 0.15) is 40.8 Å². The second kappa shape index (κ2) is 11.5. The number of nitrogens with one attached hydrogen (secondary N) is 2. The number of carbonyl (C=O) groups excluding carboxylic acids is 1. The van der Waals surface area contributed by atoms with Crippen LogP contribution in [0.4, 0.5) is 15.8 Å². The number of fused-ring (bicyclic) bond motifs is 5. The molecule has 14 nitrogen and oxygen atoms in total. The molecule has 15 heteroatoms. The Kier molecular flexibility index (Phi) is 7.28. The summed E-state index contributed by atoms with van der Waals surface area (Å²) in [6.45, 7) is 5.74. The molecule has 1 aromatic carbocycles. The quantitative estimate of drug-likeness (QED) is 0.235. The number of pyridine rings is 3. The number of H-pyrrole nitrogens is 1. The number of aromatic nitrogens is 4. The summed E-state index contributed by atoms with van der Waals surface area (Å²) in [6, 6.07) is 5.05. The number of hydrogen-bond donors (Lipinski definition) is 2. The van der Waals surface area contributed by atoms with E-state index in [1.165, 1.54) is 19.2 Å². The summed E-state index contributed by atoms with van der Waals surface area (Å²) < 4.78 is 32.2. The molecule has 2 aliphatic rings. The maximum absolute atomic E-state index is 15.6. The number of halogens is 1. The molecule has 8 rings (SSSR count). The number of anilines is 2. The number of rotatable bonds is 6. The fraction of sp³-hybridized carbons (Fsp3) is 0.333. The van der Waals surface area contributed by atoms with Gasteiger partial charge in [-0.2, -0.15) is 5.26 Å². The zero-order chi connectivity index (χ0) is 35.9. The van der Waals surface area contributed by atoms with Crippen molar-refractivity contribution >= 4 is 50.3 Å². The van der Waals surface area contributed by atoms with Crippen molar-refractivity contribution in [3.05, 3.63) is 80.0 Å². The van der Waals surface area contributed by atoms with Gasteiger partial charge >= 0.3 is 11.8 Å². The third-order valence-electron chi connectivity index (χ3n) is 10.5. The molecule has 0 bridgehead atoms. The highest BCUT2D eigenvalue weighted by Crippen LogP contribution is 2.50. The van der Waals surface area contributed by atoms with Crippen LogP contribution in [0, 0.1) is 30.0 Å². The molecule has 0 saturated carbocycles. The SMILES string of the molecule is CNc1cc(F)c(C#N)c2c1[nH]c1ncc(-c3cnc4c(c3)c(=O)c(C(=O)OCc3oc(=O)oc3C)cn4C)c(N3CC[C@H]4CN(C)C[C@]43C)c12. The Morgan fingerprint density at radius 1 is 1.22 bits per heavy atom. The van der Waals surface area contributed by atoms with E-state index < -0.39 is 29.6 Å². The normalized spacial score (nSPS) is 18.9. The second-order valence-electron chi connectivity index (χ2n) is 13.5. The fourth-order valence-electron chi connectivity index (χ4n) is 8.08. The van der Waals surface area contributed by atoms with E-state index in [1.807, 2.05) is 0 Å². The van der Waals surface area contributed by atoms with Crippen LogP contribution >= 0.6 is 0 Å². The largest absolute Gasteiger partial charge is 0.519 e. The molecule has 0 spiro atoms. The first kappa shape index (κ1) is 32.2. The Hall–Kier alpha value is -6.01. The summed E-state index contributed by atoms with van der Waals surface area (Å²) in [4.78, 5) is 56.0. The monoisotopic (exact) mass is 692 g/mol. The van der Waals surface area contributed by atoms with Crippen molar-refractivity contribution in [2.75, 3.05) is 43.9 Å². The number of aryl methyl sites for hydroxylation is 2. The van der Waals surface area contributed by atoms with Gasteiger partial charge in [-0.1, -0.05) is 0 Å². The van der Waals surface area contributed by atoms with Gasteiger partial charge in [0, 0.05) is 74.9 Å². The number of aromatic amines is 1. The van der Waals surface area contributed by atoms with Crippen LogP contribution in [-0.4, -0.2) is 69.7 Å². The number of ether oxygens (including phenoxy) is 1. The molecule has 0 unspecified atom stereocenters. The summed E-state index contributed by atoms with van der Waals surface area (Å²) in [6.07, 6.45) is 5.63. The number of likely N-dealkylation sites (N-methyl/N-ethyl adjacent to an activating group) is 1. The first-order valence-corrected chi connectivity index (χ1v) is 16.4. The van der Waals surface area contributed by atoms with Crippen molar-refractivity contribution < 1.29 is 22.8 Å². The number of benzene rings is 1. The minimum Gasteiger partial charge on any atom is -0.454 e. The van der Waals surface area contributed by atoms with Gasteiger partial charge in [0.05, 0.1) is 38.8 Å². The molecule has 0 amide bonds. The molecular weight excluding hydrogens is 659 g/mol. The Labute approximate surface area is 289 Å². The van der Waals surface area contributed by atoms with Crippen LogP contribution in [-0.2, 0) is 18.4 Å². The zero-order valence-electron chi connectivity index (χ0n) is 28.5. The molecule has 2 atom stereocenters. The van der Waals surface area contributed by atoms with Gasteiger partial charge in [-0.25, -0.2) is 23.9 Å². The van der Waals surface area contributed by atoms with E-state index in [0.717, 1.165) is 25.2 Å². The minimum absolute atomic E-state index is 0.0372. The molecule has 0 aliphatic carbocycles. The summed E-state index contributed by atoms with van der Waals surface area (Å²) in [7, 11) is 5.44. The lowest BCUT2D eigenvalue weighted by Crippen LogP contribution is -2.47. The fourth-order valence-corrected chi connectivity index (χ4v) is 8.08. The lowest BCUT2D eigenvalue weighted by molar-refractivity contribution is 0.0440. The lowest BCUT2D eigenvalue weighted by atomic mass is 9.89. The van der Waals surface area contributed by atoms with Crippen LogP contribution in [0.5, 0.6) is 0 Å². The summed E-state index contributed by atoms with van der Waals surface area (Å²) in [5.74, 6) is -1.93. The molecule has 0 radical (unpaired) electrons. The maximum atomic E-state index is 15.6. The van der Waals surface area contributed by atoms with Crippen molar-refractivity contribution in [2.24, 2.45) is 13.0 Å². The predicted molar refractivity (Wildman–Crippen MR) is 186 cm³/mol. The summed E-state index contributed by atoms with van der Waals surface area (Å²) in [5.41, 5.74) is 2.55. The molecule has 7 heterocycles. The average molecular weight is 693 g/mol. The standard InChI is InChI=1S/C36H33FN8O6/c1-17-26(51-35(48)50-17)15-49-34(47)23-14-44(5)33-20(31(23)46)8-18(11-41-33)22-12-40-32-28(27-21(10-38)24(37)9-25(39-3)29(27)42-32)30(22)45-7-6-19-13-43(4)16-36(19,45)2/h8-9,11-12,14,19,39H,6-7,13,15-16H2,1-5H3,(H,40,42)/t19-,36+/m0/s1. The number of nitriles is 1. The van der Waals surface area contributed by atoms with Gasteiger partial charge in [0.1, 0.15) is 28.7 Å². The van der Waals surface area contributed by atoms with Gasteiger partial charge in [-0.05, 0) is 39.3 Å². The molecule has 2 aliphatic heterocycles. The van der Waals surface area contributed by atoms with E-state index in [2.05, 4.69) is 45.1 Å². The molecule has 5 aromatic heterocycles. The van der Waals surface area contributed by atoms with Gasteiger partial charge < -0.3 is 38.2 Å². The molecule has 6 aromatic rings. The van der Waals surface area contributed by atoms with Crippen molar-refractivity contribution in [3.8, 4) is 17.2 Å². The van der Waals surface area contributed by atoms with Crippen molar-refractivity contribution in [2.45, 2.75) is 32.4 Å². The third-order valence-corrected chi connectivity index (χ3v) is 10.5. The Bertz CT molecular complexity index is 2620. The highest BCUT2D eigenvalue weighted by molar-refractivity contribution is 6.20. The lowest BCUT2D eigenvalue weighted by Gasteiger charge is -2.38. The van der Waals surface area contributed by atoms with E-state index in [4.69, 9.17) is 18.6 Å². The number of esters is 1. The van der Waals surface area contributed by atoms with Crippen LogP contribution in [0.2, 0.25) is 0 Å². The molecule has 2 saturated heterocycles. The predicted octanol–water partition coefficient (Wildman–Crippen LogP) is 4.42. The van der Waals surface area contributed by atoms with Crippen LogP contribution < -0.4 is 21.5 Å². The zero-order valence-corrected chi connectivity index (χ0v) is 28.5. The van der Waals surface area contributed by atoms with Crippen molar-refractivity contribution in [1.29, 1.82) is 5.26 Å². The second-order valence-corrected chi connectivity index (χ2v) is 13.5. The van der Waals surface area contributed by atoms with E-state index in [0.29, 0.717) is 56.9 Å². The molecular formula is C36H33FN8O6. The smallest absolute Gasteiger partial charge is 0.454 e. The maximum Gasteiger partial charge on any atom is 0.519 e. The number of hydrogen-bond acceptors (Lipinski definition) is 12. The van der Waals surface area contributed by atoms with Crippen LogP contribution in [0.3, 0.4) is 0 Å². The van der Waals surface area contributed by atoms with Crippen molar-refractivity contribution in [3.63, 3.8) is 0 Å². The van der Waals surface area contributed by atoms with Gasteiger partial charge in [-0.3, -0.25) is 4.79 Å². The highest BCUT2D eigenvalue weighted by atomic mass is 19.1. The first-order valence-electron chi connectivity index (χ1n) is 16.4. The van der Waals surface area contributed by atoms with Crippen LogP contribution in [0.15, 0.2) is 49.1 Å². The topological polar surface area (TPSA) is 176 Å². The van der Waals surface area contributed by atoms with E-state index in [-0.39, 0.29) is 33.6 Å². The average Bonchev–Trinajstić information content (AvgIpc) is 3.82. The number of carbonyl (C=O) groups is 1.